The molecule has 1 aromatic heterocycles. The van der Waals surface area contributed by atoms with E-state index in [1.807, 2.05) is 4.90 Å². The monoisotopic (exact) mass is 397 g/mol. The van der Waals surface area contributed by atoms with E-state index < -0.39 is 9.84 Å². The van der Waals surface area contributed by atoms with Crippen LogP contribution >= 0.6 is 0 Å². The highest BCUT2D eigenvalue weighted by Crippen LogP contribution is 2.19. The molecule has 3 rings (SSSR count). The lowest BCUT2D eigenvalue weighted by Gasteiger charge is -2.37. The van der Waals surface area contributed by atoms with E-state index in [-0.39, 0.29) is 23.2 Å². The molecule has 7 nitrogen and oxygen atoms in total. The summed E-state index contributed by atoms with van der Waals surface area (Å²) in [6.45, 7) is 6.20. The molecule has 2 aliphatic rings. The zero-order valence-corrected chi connectivity index (χ0v) is 16.6. The Balaban J connectivity index is 1.61. The molecule has 9 heteroatoms. The largest absolute Gasteiger partial charge is 0.356 e. The van der Waals surface area contributed by atoms with Crippen LogP contribution in [-0.4, -0.2) is 75.0 Å². The van der Waals surface area contributed by atoms with Crippen LogP contribution in [0.4, 0.5) is 10.2 Å². The number of sulfone groups is 1. The van der Waals surface area contributed by atoms with Gasteiger partial charge in [0.05, 0.1) is 11.5 Å². The topological polar surface area (TPSA) is 77.9 Å². The summed E-state index contributed by atoms with van der Waals surface area (Å²) in [5.74, 6) is 1.54. The molecule has 0 amide bonds. The second-order valence-electron chi connectivity index (χ2n) is 7.14. The number of anilines is 1. The Morgan fingerprint density at radius 2 is 2.15 bits per heavy atom. The van der Waals surface area contributed by atoms with Crippen molar-refractivity contribution in [2.75, 3.05) is 55.7 Å². The molecule has 27 heavy (non-hydrogen) atoms. The van der Waals surface area contributed by atoms with Crippen LogP contribution in [0.3, 0.4) is 0 Å². The van der Waals surface area contributed by atoms with E-state index in [4.69, 9.17) is 4.99 Å². The summed E-state index contributed by atoms with van der Waals surface area (Å²) in [5, 5.41) is 3.37. The molecule has 0 saturated carbocycles. The first-order valence-corrected chi connectivity index (χ1v) is 11.4. The molecule has 0 bridgehead atoms. The van der Waals surface area contributed by atoms with Crippen LogP contribution in [0, 0.1) is 11.7 Å². The highest BCUT2D eigenvalue weighted by Gasteiger charge is 2.28. The number of pyridine rings is 1. The van der Waals surface area contributed by atoms with Crippen LogP contribution in [0.25, 0.3) is 0 Å². The van der Waals surface area contributed by atoms with Gasteiger partial charge in [-0.2, -0.15) is 0 Å². The Morgan fingerprint density at radius 1 is 1.37 bits per heavy atom. The second kappa shape index (κ2) is 8.86. The van der Waals surface area contributed by atoms with Crippen LogP contribution in [0.5, 0.6) is 0 Å². The van der Waals surface area contributed by atoms with Gasteiger partial charge in [0.25, 0.3) is 0 Å². The SMILES string of the molecule is CCCNC(=NCC1CCS(=O)(=O)C1)N1CCN(c2ncccc2F)CC1. The van der Waals surface area contributed by atoms with Crippen molar-refractivity contribution < 1.29 is 12.8 Å². The number of aromatic nitrogens is 1. The molecule has 3 heterocycles. The van der Waals surface area contributed by atoms with Gasteiger partial charge in [-0.05, 0) is 30.9 Å². The van der Waals surface area contributed by atoms with E-state index in [1.165, 1.54) is 6.07 Å². The van der Waals surface area contributed by atoms with Gasteiger partial charge in [-0.3, -0.25) is 4.99 Å². The van der Waals surface area contributed by atoms with E-state index in [2.05, 4.69) is 22.1 Å². The highest BCUT2D eigenvalue weighted by atomic mass is 32.2. The quantitative estimate of drug-likeness (QED) is 0.593. The van der Waals surface area contributed by atoms with Crippen LogP contribution < -0.4 is 10.2 Å². The number of hydrogen-bond acceptors (Lipinski definition) is 5. The normalized spacial score (nSPS) is 22.9. The number of guanidine groups is 1. The molecule has 0 spiro atoms. The molecular weight excluding hydrogens is 369 g/mol. The minimum absolute atomic E-state index is 0.109. The minimum Gasteiger partial charge on any atom is -0.356 e. The molecule has 0 aliphatic carbocycles. The summed E-state index contributed by atoms with van der Waals surface area (Å²) in [5.41, 5.74) is 0. The number of nitrogens with one attached hydrogen (secondary N) is 1. The summed E-state index contributed by atoms with van der Waals surface area (Å²) in [4.78, 5) is 13.0. The predicted octanol–water partition coefficient (Wildman–Crippen LogP) is 1.13. The second-order valence-corrected chi connectivity index (χ2v) is 9.37. The molecule has 0 aromatic carbocycles. The fourth-order valence-electron chi connectivity index (χ4n) is 3.48. The van der Waals surface area contributed by atoms with E-state index >= 15 is 0 Å². The van der Waals surface area contributed by atoms with Gasteiger partial charge < -0.3 is 15.1 Å². The average Bonchev–Trinajstić information content (AvgIpc) is 3.01. The van der Waals surface area contributed by atoms with Gasteiger partial charge in [0.2, 0.25) is 0 Å². The van der Waals surface area contributed by atoms with E-state index in [0.29, 0.717) is 45.0 Å². The molecule has 1 unspecified atom stereocenters. The zero-order valence-electron chi connectivity index (χ0n) is 15.8. The number of piperazine rings is 1. The third-order valence-electron chi connectivity index (χ3n) is 4.98. The molecule has 2 aliphatic heterocycles. The van der Waals surface area contributed by atoms with Crippen molar-refractivity contribution in [2.24, 2.45) is 10.9 Å². The summed E-state index contributed by atoms with van der Waals surface area (Å²) >= 11 is 0. The third kappa shape index (κ3) is 5.31. The van der Waals surface area contributed by atoms with Crippen molar-refractivity contribution in [3.05, 3.63) is 24.1 Å². The Kier molecular flexibility index (Phi) is 6.51. The summed E-state index contributed by atoms with van der Waals surface area (Å²) in [6, 6.07) is 3.03. The molecule has 2 fully saturated rings. The Morgan fingerprint density at radius 3 is 2.78 bits per heavy atom. The first-order chi connectivity index (χ1) is 13.0. The van der Waals surface area contributed by atoms with Crippen molar-refractivity contribution in [2.45, 2.75) is 19.8 Å². The number of halogens is 1. The van der Waals surface area contributed by atoms with Crippen molar-refractivity contribution in [3.8, 4) is 0 Å². The Hall–Kier alpha value is -1.90. The average molecular weight is 398 g/mol. The van der Waals surface area contributed by atoms with Crippen LogP contribution in [-0.2, 0) is 9.84 Å². The Labute approximate surface area is 160 Å². The summed E-state index contributed by atoms with van der Waals surface area (Å²) < 4.78 is 37.2. The maximum Gasteiger partial charge on any atom is 0.194 e. The number of hydrogen-bond donors (Lipinski definition) is 1. The van der Waals surface area contributed by atoms with Crippen molar-refractivity contribution in [1.82, 2.24) is 15.2 Å². The van der Waals surface area contributed by atoms with Crippen LogP contribution in [0.2, 0.25) is 0 Å². The smallest absolute Gasteiger partial charge is 0.194 e. The highest BCUT2D eigenvalue weighted by molar-refractivity contribution is 7.91. The standard InChI is InChI=1S/C18H28FN5O2S/c1-2-6-21-18(22-13-15-5-12-27(25,26)14-15)24-10-8-23(9-11-24)17-16(19)4-3-7-20-17/h3-4,7,15H,2,5-6,8-14H2,1H3,(H,21,22). The van der Waals surface area contributed by atoms with Gasteiger partial charge >= 0.3 is 0 Å². The minimum atomic E-state index is -2.88. The molecule has 1 atom stereocenters. The van der Waals surface area contributed by atoms with Gasteiger partial charge in [0.1, 0.15) is 0 Å². The van der Waals surface area contributed by atoms with Crippen LogP contribution in [0.15, 0.2) is 23.3 Å². The number of nitrogens with zero attached hydrogens (tertiary/aromatic N) is 4. The lowest BCUT2D eigenvalue weighted by atomic mass is 10.1. The van der Waals surface area contributed by atoms with Crippen LogP contribution in [0.1, 0.15) is 19.8 Å². The lowest BCUT2D eigenvalue weighted by molar-refractivity contribution is 0.367. The van der Waals surface area contributed by atoms with Gasteiger partial charge in [0.15, 0.2) is 27.4 Å². The number of rotatable bonds is 5. The first-order valence-electron chi connectivity index (χ1n) is 9.57. The molecule has 1 aromatic rings. The summed E-state index contributed by atoms with van der Waals surface area (Å²) in [7, 11) is -2.88. The maximum atomic E-state index is 13.9. The van der Waals surface area contributed by atoms with Crippen molar-refractivity contribution >= 4 is 21.6 Å². The molecule has 1 N–H and O–H groups in total. The third-order valence-corrected chi connectivity index (χ3v) is 6.81. The van der Waals surface area contributed by atoms with E-state index in [9.17, 15) is 12.8 Å². The molecule has 0 radical (unpaired) electrons. The predicted molar refractivity (Wildman–Crippen MR) is 105 cm³/mol. The van der Waals surface area contributed by atoms with E-state index in [1.54, 1.807) is 12.3 Å². The van der Waals surface area contributed by atoms with Gasteiger partial charge in [-0.15, -0.1) is 0 Å². The fraction of sp³-hybridized carbons (Fsp3) is 0.667. The molecule has 150 valence electrons. The van der Waals surface area contributed by atoms with Crippen molar-refractivity contribution in [1.29, 1.82) is 0 Å². The van der Waals surface area contributed by atoms with Gasteiger partial charge in [-0.25, -0.2) is 17.8 Å². The zero-order chi connectivity index (χ0) is 19.3. The summed E-state index contributed by atoms with van der Waals surface area (Å²) in [6.07, 6.45) is 3.28. The van der Waals surface area contributed by atoms with E-state index in [0.717, 1.165) is 18.9 Å². The fourth-order valence-corrected chi connectivity index (χ4v) is 5.33. The van der Waals surface area contributed by atoms with Gasteiger partial charge in [0, 0.05) is 45.5 Å². The molecule has 2 saturated heterocycles. The Bertz CT molecular complexity index is 763. The number of aliphatic imine (C=N–C) groups is 1. The van der Waals surface area contributed by atoms with Crippen molar-refractivity contribution in [3.63, 3.8) is 0 Å². The van der Waals surface area contributed by atoms with Gasteiger partial charge in [-0.1, -0.05) is 6.92 Å². The maximum absolute atomic E-state index is 13.9. The first kappa shape index (κ1) is 19.9. The lowest BCUT2D eigenvalue weighted by Crippen LogP contribution is -2.53. The molecular formula is C18H28FN5O2S.